The van der Waals surface area contributed by atoms with E-state index < -0.39 is 5.82 Å². The highest BCUT2D eigenvalue weighted by Crippen LogP contribution is 2.39. The van der Waals surface area contributed by atoms with Crippen LogP contribution in [0.5, 0.6) is 0 Å². The summed E-state index contributed by atoms with van der Waals surface area (Å²) in [4.78, 5) is 28.8. The van der Waals surface area contributed by atoms with Crippen LogP contribution < -0.4 is 5.32 Å². The number of carbonyl (C=O) groups excluding carboxylic acids is 1. The highest BCUT2D eigenvalue weighted by molar-refractivity contribution is 5.99. The molecule has 4 heterocycles. The fraction of sp³-hybridized carbons (Fsp3) is 0.480. The highest BCUT2D eigenvalue weighted by atomic mass is 19.1. The molecule has 0 unspecified atom stereocenters. The van der Waals surface area contributed by atoms with Crippen LogP contribution in [0.3, 0.4) is 0 Å². The van der Waals surface area contributed by atoms with E-state index in [0.29, 0.717) is 41.9 Å². The van der Waals surface area contributed by atoms with E-state index in [1.54, 1.807) is 22.7 Å². The van der Waals surface area contributed by atoms with Crippen molar-refractivity contribution in [2.45, 2.75) is 57.8 Å². The number of aryl methyl sites for hydroxylation is 1. The molecule has 3 aromatic rings. The molecule has 3 aromatic heterocycles. The minimum atomic E-state index is -0.433. The van der Waals surface area contributed by atoms with E-state index in [0.717, 1.165) is 11.9 Å². The van der Waals surface area contributed by atoms with Gasteiger partial charge in [-0.25, -0.2) is 14.4 Å². The van der Waals surface area contributed by atoms with E-state index in [1.165, 1.54) is 24.5 Å². The number of anilines is 1. The zero-order valence-corrected chi connectivity index (χ0v) is 20.4. The number of morpholine rings is 1. The summed E-state index contributed by atoms with van der Waals surface area (Å²) in [5.74, 6) is 0.473. The van der Waals surface area contributed by atoms with E-state index in [9.17, 15) is 9.18 Å². The van der Waals surface area contributed by atoms with Crippen molar-refractivity contribution in [3.05, 3.63) is 53.5 Å². The molecule has 1 aliphatic heterocycles. The van der Waals surface area contributed by atoms with Crippen LogP contribution in [0.25, 0.3) is 11.3 Å². The molecule has 5 rings (SSSR count). The van der Waals surface area contributed by atoms with Crippen LogP contribution in [0.15, 0.2) is 30.7 Å². The van der Waals surface area contributed by atoms with Gasteiger partial charge in [-0.15, -0.1) is 0 Å². The van der Waals surface area contributed by atoms with Crippen molar-refractivity contribution in [1.29, 1.82) is 0 Å². The standard InChI is InChI=1S/C25H30FN7O2/c1-14-13-33(21(16(3)35-14)12-30-25-28-9-18(10-29-25)17-5-6-17)24(34)23-22(15(2)32(4)31-23)20-8-7-19(26)11-27-20/h7-11,14,16-17,21H,5-6,12-13H2,1-4H3,(H,28,29,30)/t14-,16+,21-/m1/s1. The fourth-order valence-corrected chi connectivity index (χ4v) is 4.65. The number of nitrogens with one attached hydrogen (secondary N) is 1. The van der Waals surface area contributed by atoms with Crippen molar-refractivity contribution in [2.24, 2.45) is 7.05 Å². The number of hydrogen-bond acceptors (Lipinski definition) is 7. The Morgan fingerprint density at radius 3 is 2.57 bits per heavy atom. The van der Waals surface area contributed by atoms with Gasteiger partial charge >= 0.3 is 0 Å². The van der Waals surface area contributed by atoms with Crippen molar-refractivity contribution in [2.75, 3.05) is 18.4 Å². The molecule has 35 heavy (non-hydrogen) atoms. The summed E-state index contributed by atoms with van der Waals surface area (Å²) in [6, 6.07) is 2.65. The number of nitrogens with zero attached hydrogens (tertiary/aromatic N) is 6. The first kappa shape index (κ1) is 23.3. The number of halogens is 1. The molecule has 2 fully saturated rings. The second-order valence-electron chi connectivity index (χ2n) is 9.47. The average molecular weight is 480 g/mol. The zero-order chi connectivity index (χ0) is 24.7. The Balaban J connectivity index is 1.40. The Morgan fingerprint density at radius 2 is 1.91 bits per heavy atom. The molecule has 0 radical (unpaired) electrons. The van der Waals surface area contributed by atoms with E-state index in [2.05, 4.69) is 25.4 Å². The minimum absolute atomic E-state index is 0.128. The third-order valence-corrected chi connectivity index (χ3v) is 6.81. The number of hydrogen-bond donors (Lipinski definition) is 1. The lowest BCUT2D eigenvalue weighted by Gasteiger charge is -2.42. The van der Waals surface area contributed by atoms with Gasteiger partial charge in [-0.05, 0) is 57.2 Å². The quantitative estimate of drug-likeness (QED) is 0.579. The topological polar surface area (TPSA) is 98.1 Å². The average Bonchev–Trinajstić information content (AvgIpc) is 3.64. The molecule has 1 saturated carbocycles. The van der Waals surface area contributed by atoms with Gasteiger partial charge in [0.1, 0.15) is 5.82 Å². The fourth-order valence-electron chi connectivity index (χ4n) is 4.65. The van der Waals surface area contributed by atoms with Gasteiger partial charge in [-0.2, -0.15) is 5.10 Å². The van der Waals surface area contributed by atoms with Gasteiger partial charge < -0.3 is 15.0 Å². The molecule has 1 amide bonds. The van der Waals surface area contributed by atoms with E-state index in [4.69, 9.17) is 4.74 Å². The summed E-state index contributed by atoms with van der Waals surface area (Å²) in [5.41, 5.74) is 3.35. The van der Waals surface area contributed by atoms with Crippen LogP contribution in [0.1, 0.15) is 54.4 Å². The van der Waals surface area contributed by atoms with Gasteiger partial charge in [0.05, 0.1) is 35.7 Å². The van der Waals surface area contributed by atoms with Gasteiger partial charge in [-0.3, -0.25) is 14.5 Å². The number of rotatable bonds is 6. The minimum Gasteiger partial charge on any atom is -0.372 e. The van der Waals surface area contributed by atoms with Crippen LogP contribution in [0.4, 0.5) is 10.3 Å². The normalized spacial score (nSPS) is 22.3. The summed E-state index contributed by atoms with van der Waals surface area (Å²) >= 11 is 0. The smallest absolute Gasteiger partial charge is 0.275 e. The first-order chi connectivity index (χ1) is 16.8. The molecule has 9 nitrogen and oxygen atoms in total. The van der Waals surface area contributed by atoms with Gasteiger partial charge in [-0.1, -0.05) is 0 Å². The van der Waals surface area contributed by atoms with Crippen molar-refractivity contribution in [3.8, 4) is 11.3 Å². The summed E-state index contributed by atoms with van der Waals surface area (Å²) in [5, 5.41) is 7.80. The van der Waals surface area contributed by atoms with E-state index in [1.807, 2.05) is 33.2 Å². The van der Waals surface area contributed by atoms with Crippen molar-refractivity contribution < 1.29 is 13.9 Å². The maximum atomic E-state index is 13.9. The largest absolute Gasteiger partial charge is 0.372 e. The lowest BCUT2D eigenvalue weighted by atomic mass is 10.0. The number of aromatic nitrogens is 5. The Morgan fingerprint density at radius 1 is 1.17 bits per heavy atom. The molecule has 0 aromatic carbocycles. The second-order valence-corrected chi connectivity index (χ2v) is 9.47. The first-order valence-electron chi connectivity index (χ1n) is 12.0. The highest BCUT2D eigenvalue weighted by Gasteiger charge is 2.38. The Hall–Kier alpha value is -3.40. The molecule has 10 heteroatoms. The molecule has 184 valence electrons. The number of amides is 1. The van der Waals surface area contributed by atoms with Crippen LogP contribution >= 0.6 is 0 Å². The Bertz CT molecular complexity index is 1210. The maximum Gasteiger partial charge on any atom is 0.275 e. The van der Waals surface area contributed by atoms with Gasteiger partial charge in [0, 0.05) is 38.2 Å². The van der Waals surface area contributed by atoms with Crippen LogP contribution in [-0.2, 0) is 11.8 Å². The third kappa shape index (κ3) is 4.75. The van der Waals surface area contributed by atoms with Crippen molar-refractivity contribution >= 4 is 11.9 Å². The van der Waals surface area contributed by atoms with Crippen LogP contribution in [-0.4, -0.2) is 66.9 Å². The number of pyridine rings is 1. The molecule has 0 spiro atoms. The lowest BCUT2D eigenvalue weighted by molar-refractivity contribution is -0.0880. The summed E-state index contributed by atoms with van der Waals surface area (Å²) in [6.07, 6.45) is 6.95. The zero-order valence-electron chi connectivity index (χ0n) is 20.4. The predicted molar refractivity (Wildman–Crippen MR) is 128 cm³/mol. The van der Waals surface area contributed by atoms with Crippen LogP contribution in [0.2, 0.25) is 0 Å². The summed E-state index contributed by atoms with van der Waals surface area (Å²) < 4.78 is 21.2. The molecule has 2 aliphatic rings. The molecular formula is C25H30FN7O2. The molecular weight excluding hydrogens is 449 g/mol. The Labute approximate surface area is 203 Å². The molecule has 1 saturated heterocycles. The Kier molecular flexibility index (Phi) is 6.22. The van der Waals surface area contributed by atoms with Gasteiger partial charge in [0.2, 0.25) is 5.95 Å². The first-order valence-corrected chi connectivity index (χ1v) is 12.0. The third-order valence-electron chi connectivity index (χ3n) is 6.81. The maximum absolute atomic E-state index is 13.9. The number of carbonyl (C=O) groups is 1. The molecule has 0 bridgehead atoms. The van der Waals surface area contributed by atoms with Crippen molar-refractivity contribution in [1.82, 2.24) is 29.6 Å². The summed E-state index contributed by atoms with van der Waals surface area (Å²) in [7, 11) is 1.78. The molecule has 3 atom stereocenters. The molecule has 1 aliphatic carbocycles. The van der Waals surface area contributed by atoms with Crippen molar-refractivity contribution in [3.63, 3.8) is 0 Å². The monoisotopic (exact) mass is 479 g/mol. The van der Waals surface area contributed by atoms with Gasteiger partial charge in [0.15, 0.2) is 5.69 Å². The predicted octanol–water partition coefficient (Wildman–Crippen LogP) is 3.33. The summed E-state index contributed by atoms with van der Waals surface area (Å²) in [6.45, 7) is 6.63. The molecule has 1 N–H and O–H groups in total. The van der Waals surface area contributed by atoms with E-state index >= 15 is 0 Å². The SMILES string of the molecule is Cc1c(-c2ccc(F)cn2)c(C(=O)N2C[C@@H](C)O[C@@H](C)[C@H]2CNc2ncc(C3CC3)cn2)nn1C. The van der Waals surface area contributed by atoms with E-state index in [-0.39, 0.29) is 24.2 Å². The van der Waals surface area contributed by atoms with Crippen LogP contribution in [0, 0.1) is 12.7 Å². The lowest BCUT2D eigenvalue weighted by Crippen LogP contribution is -2.58. The van der Waals surface area contributed by atoms with Gasteiger partial charge in [0.25, 0.3) is 5.91 Å². The number of ether oxygens (including phenoxy) is 1. The second kappa shape index (κ2) is 9.33.